The Morgan fingerprint density at radius 1 is 1.32 bits per heavy atom. The normalized spacial score (nSPS) is 23.9. The van der Waals surface area contributed by atoms with Crippen LogP contribution < -0.4 is 20.7 Å². The second-order valence-corrected chi connectivity index (χ2v) is 9.87. The molecule has 1 aromatic carbocycles. The summed E-state index contributed by atoms with van der Waals surface area (Å²) in [5.74, 6) is -0.100. The van der Waals surface area contributed by atoms with E-state index in [0.717, 1.165) is 6.42 Å². The van der Waals surface area contributed by atoms with Crippen LogP contribution in [0.25, 0.3) is 11.3 Å². The summed E-state index contributed by atoms with van der Waals surface area (Å²) >= 11 is 6.81. The molecule has 182 valence electrons. The zero-order valence-electron chi connectivity index (χ0n) is 19.5. The summed E-state index contributed by atoms with van der Waals surface area (Å²) in [5.41, 5.74) is 6.44. The number of carbonyl (C=O) groups is 1. The average Bonchev–Trinajstić information content (AvgIpc) is 3.02. The molecule has 34 heavy (non-hydrogen) atoms. The van der Waals surface area contributed by atoms with E-state index < -0.39 is 11.4 Å². The first kappa shape index (κ1) is 23.1. The van der Waals surface area contributed by atoms with E-state index in [9.17, 15) is 9.18 Å². The molecule has 3 aliphatic heterocycles. The number of halogens is 2. The van der Waals surface area contributed by atoms with Gasteiger partial charge in [-0.25, -0.2) is 9.37 Å². The van der Waals surface area contributed by atoms with Crippen LogP contribution in [-0.4, -0.2) is 73.4 Å². The molecule has 3 aliphatic rings. The molecule has 1 unspecified atom stereocenters. The number of amides is 1. The number of anilines is 2. The van der Waals surface area contributed by atoms with Crippen LogP contribution in [0.15, 0.2) is 18.2 Å². The predicted octanol–water partition coefficient (Wildman–Crippen LogP) is 2.93. The second-order valence-electron chi connectivity index (χ2n) is 9.49. The number of benzene rings is 1. The van der Waals surface area contributed by atoms with Crippen LogP contribution in [-0.2, 0) is 4.74 Å². The molecule has 4 heterocycles. The van der Waals surface area contributed by atoms with Gasteiger partial charge in [0.25, 0.3) is 5.91 Å². The number of fused-ring (bicyclic) bond motifs is 2. The monoisotopic (exact) mass is 489 g/mol. The molecule has 5 rings (SSSR count). The number of nitrogens with one attached hydrogen (secondary N) is 1. The first-order valence-corrected chi connectivity index (χ1v) is 11.9. The van der Waals surface area contributed by atoms with Gasteiger partial charge >= 0.3 is 0 Å². The van der Waals surface area contributed by atoms with E-state index in [0.29, 0.717) is 37.6 Å². The van der Waals surface area contributed by atoms with Crippen LogP contribution in [0.1, 0.15) is 30.6 Å². The molecule has 2 atom stereocenters. The highest BCUT2D eigenvalue weighted by molar-refractivity contribution is 6.35. The van der Waals surface area contributed by atoms with E-state index in [1.807, 2.05) is 23.6 Å². The average molecular weight is 490 g/mol. The number of nitrogen functional groups attached to an aromatic ring is 1. The van der Waals surface area contributed by atoms with Crippen LogP contribution in [0, 0.1) is 5.82 Å². The van der Waals surface area contributed by atoms with Gasteiger partial charge in [-0.05, 0) is 32.4 Å². The minimum absolute atomic E-state index is 0.0728. The van der Waals surface area contributed by atoms with Crippen LogP contribution in [0.5, 0.6) is 5.75 Å². The summed E-state index contributed by atoms with van der Waals surface area (Å²) in [7, 11) is 1.68. The summed E-state index contributed by atoms with van der Waals surface area (Å²) in [5, 5.41) is 3.39. The Balaban J connectivity index is 1.77. The fourth-order valence-electron chi connectivity index (χ4n) is 5.36. The molecule has 2 aromatic rings. The van der Waals surface area contributed by atoms with Gasteiger partial charge in [-0.3, -0.25) is 4.79 Å². The molecular weight excluding hydrogens is 461 g/mol. The lowest BCUT2D eigenvalue weighted by atomic mass is 9.97. The maximum absolute atomic E-state index is 15.0. The van der Waals surface area contributed by atoms with E-state index in [4.69, 9.17) is 31.8 Å². The first-order chi connectivity index (χ1) is 16.3. The van der Waals surface area contributed by atoms with Gasteiger partial charge in [0.1, 0.15) is 34.5 Å². The number of piperazine rings is 1. The van der Waals surface area contributed by atoms with Crippen LogP contribution in [0.4, 0.5) is 15.9 Å². The van der Waals surface area contributed by atoms with Crippen LogP contribution in [0.3, 0.4) is 0 Å². The summed E-state index contributed by atoms with van der Waals surface area (Å²) in [6.07, 6.45) is 0.682. The van der Waals surface area contributed by atoms with Crippen molar-refractivity contribution in [1.29, 1.82) is 0 Å². The van der Waals surface area contributed by atoms with Crippen molar-refractivity contribution < 1.29 is 18.7 Å². The van der Waals surface area contributed by atoms with E-state index in [2.05, 4.69) is 5.32 Å². The third-order valence-electron chi connectivity index (χ3n) is 7.24. The smallest absolute Gasteiger partial charge is 0.261 e. The quantitative estimate of drug-likeness (QED) is 0.640. The number of nitrogens with two attached hydrogens (primary N) is 1. The van der Waals surface area contributed by atoms with Crippen molar-refractivity contribution >= 4 is 29.0 Å². The topological polar surface area (TPSA) is 92.9 Å². The second kappa shape index (κ2) is 8.55. The van der Waals surface area contributed by atoms with Crippen LogP contribution >= 0.6 is 11.6 Å². The van der Waals surface area contributed by atoms with E-state index in [1.165, 1.54) is 12.1 Å². The molecule has 10 heteroatoms. The number of ether oxygens (including phenoxy) is 2. The highest BCUT2D eigenvalue weighted by Gasteiger charge is 2.46. The van der Waals surface area contributed by atoms with Gasteiger partial charge in [0.05, 0.1) is 23.2 Å². The number of rotatable bonds is 3. The number of methoxy groups -OCH3 is 1. The van der Waals surface area contributed by atoms with Gasteiger partial charge in [0, 0.05) is 39.0 Å². The first-order valence-electron chi connectivity index (χ1n) is 11.5. The molecule has 0 radical (unpaired) electrons. The molecule has 0 bridgehead atoms. The minimum atomic E-state index is -0.544. The zero-order chi connectivity index (χ0) is 24.2. The molecule has 2 saturated heterocycles. The Morgan fingerprint density at radius 3 is 2.82 bits per heavy atom. The largest absolute Gasteiger partial charge is 0.489 e. The Kier molecular flexibility index (Phi) is 5.82. The van der Waals surface area contributed by atoms with Crippen molar-refractivity contribution in [2.45, 2.75) is 38.0 Å². The van der Waals surface area contributed by atoms with Crippen LogP contribution in [0.2, 0.25) is 5.02 Å². The molecule has 2 fully saturated rings. The van der Waals surface area contributed by atoms with Gasteiger partial charge in [-0.15, -0.1) is 0 Å². The molecular formula is C24H29ClFN5O3. The highest BCUT2D eigenvalue weighted by atomic mass is 35.5. The molecule has 8 nitrogen and oxygen atoms in total. The maximum Gasteiger partial charge on any atom is 0.261 e. The molecule has 3 N–H and O–H groups in total. The SMILES string of the molecule is COC1CCN(c2nc(-c3c(N)cccc3F)c(Cl)c3c2C(=O)N2CCNC[C@@H]2CO3)C1(C)C. The summed E-state index contributed by atoms with van der Waals surface area (Å²) in [6, 6.07) is 4.30. The van der Waals surface area contributed by atoms with Gasteiger partial charge in [0.15, 0.2) is 5.75 Å². The van der Waals surface area contributed by atoms with Gasteiger partial charge in [-0.2, -0.15) is 0 Å². The van der Waals surface area contributed by atoms with Crippen molar-refractivity contribution in [2.75, 3.05) is 50.5 Å². The fraction of sp³-hybridized carbons (Fsp3) is 0.500. The van der Waals surface area contributed by atoms with E-state index >= 15 is 0 Å². The Labute approximate surface area is 203 Å². The summed E-state index contributed by atoms with van der Waals surface area (Å²) < 4.78 is 26.9. The standard InChI is InChI=1S/C24H29ClFN5O3/c1-24(2)16(33-3)7-9-31(24)22-18-21(34-12-13-11-28-8-10-30(13)23(18)32)19(25)20(29-22)17-14(26)5-4-6-15(17)27/h4-6,13,16,28H,7-12,27H2,1-3H3/t13-,16?/m1/s1. The van der Waals surface area contributed by atoms with Crippen molar-refractivity contribution in [3.05, 3.63) is 34.6 Å². The Hall–Kier alpha value is -2.62. The predicted molar refractivity (Wildman–Crippen MR) is 129 cm³/mol. The van der Waals surface area contributed by atoms with Gasteiger partial charge in [-0.1, -0.05) is 17.7 Å². The zero-order valence-corrected chi connectivity index (χ0v) is 20.3. The third-order valence-corrected chi connectivity index (χ3v) is 7.59. The summed E-state index contributed by atoms with van der Waals surface area (Å²) in [6.45, 7) is 6.83. The van der Waals surface area contributed by atoms with Crippen molar-refractivity contribution in [1.82, 2.24) is 15.2 Å². The maximum atomic E-state index is 15.0. The third kappa shape index (κ3) is 3.49. The number of aromatic nitrogens is 1. The minimum Gasteiger partial charge on any atom is -0.489 e. The van der Waals surface area contributed by atoms with Crippen molar-refractivity contribution in [2.24, 2.45) is 0 Å². The fourth-order valence-corrected chi connectivity index (χ4v) is 5.64. The number of hydrogen-bond donors (Lipinski definition) is 2. The summed E-state index contributed by atoms with van der Waals surface area (Å²) in [4.78, 5) is 22.6. The molecule has 0 aliphatic carbocycles. The highest BCUT2D eigenvalue weighted by Crippen LogP contribution is 2.47. The van der Waals surface area contributed by atoms with E-state index in [-0.39, 0.29) is 52.4 Å². The number of nitrogens with zero attached hydrogens (tertiary/aromatic N) is 3. The van der Waals surface area contributed by atoms with Crippen molar-refractivity contribution in [3.8, 4) is 17.0 Å². The number of hydrogen-bond acceptors (Lipinski definition) is 7. The molecule has 1 aromatic heterocycles. The Bertz CT molecular complexity index is 1120. The van der Waals surface area contributed by atoms with Crippen molar-refractivity contribution in [3.63, 3.8) is 0 Å². The lowest BCUT2D eigenvalue weighted by Crippen LogP contribution is -2.55. The van der Waals surface area contributed by atoms with Gasteiger partial charge in [0.2, 0.25) is 0 Å². The molecule has 0 saturated carbocycles. The number of carbonyl (C=O) groups excluding carboxylic acids is 1. The van der Waals surface area contributed by atoms with Gasteiger partial charge < -0.3 is 30.3 Å². The molecule has 1 amide bonds. The van der Waals surface area contributed by atoms with E-state index in [1.54, 1.807) is 13.2 Å². The lowest BCUT2D eigenvalue weighted by Gasteiger charge is -2.38. The molecule has 0 spiro atoms. The lowest BCUT2D eigenvalue weighted by molar-refractivity contribution is 0.0604. The number of pyridine rings is 1. The Morgan fingerprint density at radius 2 is 2.12 bits per heavy atom.